The van der Waals surface area contributed by atoms with Crippen molar-refractivity contribution >= 4 is 38.2 Å². The van der Waals surface area contributed by atoms with Gasteiger partial charge in [-0.2, -0.15) is 0 Å². The molecule has 0 atom stereocenters. The first-order chi connectivity index (χ1) is 26.3. The topological polar surface area (TPSA) is 30.7 Å². The third-order valence-electron chi connectivity index (χ3n) is 10.5. The highest BCUT2D eigenvalue weighted by atomic mass is 15.0. The molecule has 1 aliphatic rings. The van der Waals surface area contributed by atoms with E-state index in [1.165, 1.54) is 49.3 Å². The van der Waals surface area contributed by atoms with Crippen molar-refractivity contribution in [2.75, 3.05) is 0 Å². The minimum absolute atomic E-state index is 0.734. The Labute approximate surface area is 308 Å². The number of allylic oxidation sites excluding steroid dienone is 4. The molecule has 3 nitrogen and oxygen atoms in total. The van der Waals surface area contributed by atoms with E-state index in [0.717, 1.165) is 58.0 Å². The molecule has 1 aliphatic carbocycles. The van der Waals surface area contributed by atoms with Gasteiger partial charge in [0.25, 0.3) is 0 Å². The molecule has 2 aromatic heterocycles. The number of para-hydroxylation sites is 2. The van der Waals surface area contributed by atoms with Crippen LogP contribution in [0.3, 0.4) is 0 Å². The molecule has 0 bridgehead atoms. The molecular formula is C50H35N3. The summed E-state index contributed by atoms with van der Waals surface area (Å²) in [6, 6.07) is 60.9. The zero-order chi connectivity index (χ0) is 35.1. The van der Waals surface area contributed by atoms with Gasteiger partial charge >= 0.3 is 0 Å². The summed E-state index contributed by atoms with van der Waals surface area (Å²) in [7, 11) is 0. The molecule has 7 aromatic carbocycles. The minimum atomic E-state index is 0.734. The van der Waals surface area contributed by atoms with Crippen LogP contribution in [0.2, 0.25) is 0 Å². The van der Waals surface area contributed by atoms with Gasteiger partial charge in [-0.3, -0.25) is 0 Å². The van der Waals surface area contributed by atoms with Crippen molar-refractivity contribution in [3.8, 4) is 50.6 Å². The average Bonchev–Trinajstić information content (AvgIpc) is 3.58. The molecule has 0 spiro atoms. The fraction of sp³-hybridized carbons (Fsp3) is 0.0400. The predicted octanol–water partition coefficient (Wildman–Crippen LogP) is 13.1. The molecule has 0 radical (unpaired) electrons. The Balaban J connectivity index is 0.998. The van der Waals surface area contributed by atoms with E-state index in [0.29, 0.717) is 0 Å². The van der Waals surface area contributed by atoms with Crippen molar-refractivity contribution in [3.05, 3.63) is 194 Å². The third kappa shape index (κ3) is 5.64. The second-order valence-corrected chi connectivity index (χ2v) is 13.7. The molecule has 2 heterocycles. The predicted molar refractivity (Wildman–Crippen MR) is 222 cm³/mol. The van der Waals surface area contributed by atoms with Gasteiger partial charge in [0, 0.05) is 27.6 Å². The van der Waals surface area contributed by atoms with Crippen LogP contribution in [0.15, 0.2) is 188 Å². The molecule has 0 saturated carbocycles. The Morgan fingerprint density at radius 3 is 1.83 bits per heavy atom. The lowest BCUT2D eigenvalue weighted by atomic mass is 9.94. The summed E-state index contributed by atoms with van der Waals surface area (Å²) in [6.45, 7) is 0. The monoisotopic (exact) mass is 677 g/mol. The first kappa shape index (κ1) is 30.9. The average molecular weight is 678 g/mol. The molecule has 0 fully saturated rings. The molecule has 250 valence electrons. The highest BCUT2D eigenvalue weighted by Gasteiger charge is 2.14. The van der Waals surface area contributed by atoms with Crippen LogP contribution < -0.4 is 0 Å². The van der Waals surface area contributed by atoms with Crippen LogP contribution in [0, 0.1) is 0 Å². The highest BCUT2D eigenvalue weighted by Crippen LogP contribution is 2.36. The molecular weight excluding hydrogens is 643 g/mol. The molecule has 0 N–H and O–H groups in total. The van der Waals surface area contributed by atoms with Crippen LogP contribution in [-0.4, -0.2) is 14.5 Å². The van der Waals surface area contributed by atoms with E-state index in [1.54, 1.807) is 0 Å². The van der Waals surface area contributed by atoms with Crippen LogP contribution in [0.25, 0.3) is 88.7 Å². The molecule has 0 unspecified atom stereocenters. The summed E-state index contributed by atoms with van der Waals surface area (Å²) in [5.74, 6) is 0.734. The first-order valence-corrected chi connectivity index (χ1v) is 18.3. The second kappa shape index (κ2) is 13.0. The van der Waals surface area contributed by atoms with Crippen molar-refractivity contribution in [1.82, 2.24) is 14.5 Å². The Morgan fingerprint density at radius 2 is 1.09 bits per heavy atom. The van der Waals surface area contributed by atoms with Crippen LogP contribution in [0.1, 0.15) is 18.5 Å². The number of hydrogen-bond acceptors (Lipinski definition) is 2. The zero-order valence-corrected chi connectivity index (χ0v) is 29.2. The van der Waals surface area contributed by atoms with Gasteiger partial charge in [-0.05, 0) is 87.8 Å². The molecule has 0 amide bonds. The fourth-order valence-corrected chi connectivity index (χ4v) is 7.79. The van der Waals surface area contributed by atoms with Gasteiger partial charge in [-0.25, -0.2) is 9.97 Å². The van der Waals surface area contributed by atoms with Gasteiger partial charge < -0.3 is 4.57 Å². The van der Waals surface area contributed by atoms with Crippen molar-refractivity contribution in [3.63, 3.8) is 0 Å². The number of nitrogens with zero attached hydrogens (tertiary/aromatic N) is 3. The van der Waals surface area contributed by atoms with Gasteiger partial charge in [0.05, 0.1) is 22.4 Å². The Bertz CT molecular complexity index is 2810. The van der Waals surface area contributed by atoms with Crippen LogP contribution in [0.4, 0.5) is 0 Å². The summed E-state index contributed by atoms with van der Waals surface area (Å²) in [5.41, 5.74) is 13.5. The van der Waals surface area contributed by atoms with Gasteiger partial charge in [0.15, 0.2) is 5.82 Å². The molecule has 0 saturated heterocycles. The standard InChI is InChI=1S/C50H35N3/c1-3-12-37(13-4-1)46-33-47(38-14-5-2-6-15-38)52-50(51-46)39-25-22-36(23-26-39)42-19-11-16-35-24-27-40(32-45(35)42)34-28-30-41(31-29-34)53-48-20-9-7-17-43(48)44-18-8-10-21-49(44)53/h1,3-5,7-33H,2,6H2. The van der Waals surface area contributed by atoms with E-state index >= 15 is 0 Å². The number of benzene rings is 7. The normalized spacial score (nSPS) is 12.8. The summed E-state index contributed by atoms with van der Waals surface area (Å²) in [5, 5.41) is 4.99. The maximum atomic E-state index is 5.07. The zero-order valence-electron chi connectivity index (χ0n) is 29.2. The Hall–Kier alpha value is -6.84. The third-order valence-corrected chi connectivity index (χ3v) is 10.5. The van der Waals surface area contributed by atoms with Crippen molar-refractivity contribution in [2.45, 2.75) is 12.8 Å². The van der Waals surface area contributed by atoms with E-state index in [2.05, 4.69) is 187 Å². The van der Waals surface area contributed by atoms with E-state index in [-0.39, 0.29) is 0 Å². The Morgan fingerprint density at radius 1 is 0.434 bits per heavy atom. The number of hydrogen-bond donors (Lipinski definition) is 0. The van der Waals surface area contributed by atoms with E-state index in [9.17, 15) is 0 Å². The van der Waals surface area contributed by atoms with Crippen LogP contribution in [0.5, 0.6) is 0 Å². The van der Waals surface area contributed by atoms with Crippen LogP contribution >= 0.6 is 0 Å². The number of fused-ring (bicyclic) bond motifs is 4. The lowest BCUT2D eigenvalue weighted by molar-refractivity contribution is 1.03. The lowest BCUT2D eigenvalue weighted by Gasteiger charge is -2.13. The number of rotatable bonds is 6. The largest absolute Gasteiger partial charge is 0.309 e. The maximum Gasteiger partial charge on any atom is 0.160 e. The van der Waals surface area contributed by atoms with E-state index in [4.69, 9.17) is 9.97 Å². The molecule has 0 aliphatic heterocycles. The van der Waals surface area contributed by atoms with Crippen molar-refractivity contribution < 1.29 is 0 Å². The molecule has 10 rings (SSSR count). The molecule has 9 aromatic rings. The fourth-order valence-electron chi connectivity index (χ4n) is 7.79. The summed E-state index contributed by atoms with van der Waals surface area (Å²) >= 11 is 0. The van der Waals surface area contributed by atoms with Gasteiger partial charge in [0.2, 0.25) is 0 Å². The summed E-state index contributed by atoms with van der Waals surface area (Å²) in [4.78, 5) is 10.1. The minimum Gasteiger partial charge on any atom is -0.309 e. The first-order valence-electron chi connectivity index (χ1n) is 18.3. The van der Waals surface area contributed by atoms with Crippen molar-refractivity contribution in [2.24, 2.45) is 0 Å². The van der Waals surface area contributed by atoms with Gasteiger partial charge in [-0.1, -0.05) is 152 Å². The molecule has 3 heteroatoms. The number of aromatic nitrogens is 3. The smallest absolute Gasteiger partial charge is 0.160 e. The summed E-state index contributed by atoms with van der Waals surface area (Å²) in [6.07, 6.45) is 8.79. The quantitative estimate of drug-likeness (QED) is 0.175. The van der Waals surface area contributed by atoms with E-state index in [1.807, 2.05) is 6.07 Å². The SMILES string of the molecule is C1=CC(c2cc(-c3ccccc3)nc(-c3ccc(-c4cccc5ccc(-c6ccc(-n7c8ccccc8c8ccccc87)cc6)cc45)cc3)n2)=CCC1. The molecule has 53 heavy (non-hydrogen) atoms. The highest BCUT2D eigenvalue weighted by molar-refractivity contribution is 6.09. The second-order valence-electron chi connectivity index (χ2n) is 13.7. The maximum absolute atomic E-state index is 5.07. The van der Waals surface area contributed by atoms with Crippen molar-refractivity contribution in [1.29, 1.82) is 0 Å². The lowest BCUT2D eigenvalue weighted by Crippen LogP contribution is -1.98. The summed E-state index contributed by atoms with van der Waals surface area (Å²) < 4.78 is 2.37. The van der Waals surface area contributed by atoms with Crippen LogP contribution in [-0.2, 0) is 0 Å². The Kier molecular flexibility index (Phi) is 7.62. The van der Waals surface area contributed by atoms with Gasteiger partial charge in [-0.15, -0.1) is 0 Å². The van der Waals surface area contributed by atoms with Gasteiger partial charge in [0.1, 0.15) is 0 Å². The van der Waals surface area contributed by atoms with E-state index < -0.39 is 0 Å².